The van der Waals surface area contributed by atoms with E-state index in [0.29, 0.717) is 19.6 Å². The highest BCUT2D eigenvalue weighted by Gasteiger charge is 2.18. The molecule has 2 N–H and O–H groups in total. The van der Waals surface area contributed by atoms with E-state index in [1.165, 1.54) is 0 Å². The molecular weight excluding hydrogens is 334 g/mol. The van der Waals surface area contributed by atoms with Gasteiger partial charge < -0.3 is 15.4 Å². The first-order valence-electron chi connectivity index (χ1n) is 8.35. The molecule has 1 amide bonds. The number of nitrogens with one attached hydrogen (secondary N) is 2. The number of hydrogen-bond donors (Lipinski definition) is 2. The van der Waals surface area contributed by atoms with Gasteiger partial charge in [-0.15, -0.1) is 11.3 Å². The summed E-state index contributed by atoms with van der Waals surface area (Å²) >= 11 is 1.63. The normalized spacial score (nSPS) is 17.5. The van der Waals surface area contributed by atoms with Crippen molar-refractivity contribution in [3.8, 4) is 10.6 Å². The molecular formula is C19H19N3O2S. The van der Waals surface area contributed by atoms with E-state index in [9.17, 15) is 4.79 Å². The van der Waals surface area contributed by atoms with Gasteiger partial charge in [-0.2, -0.15) is 0 Å². The molecule has 1 unspecified atom stereocenters. The van der Waals surface area contributed by atoms with E-state index in [-0.39, 0.29) is 11.9 Å². The number of anilines is 1. The first-order chi connectivity index (χ1) is 12.3. The van der Waals surface area contributed by atoms with Gasteiger partial charge in [-0.05, 0) is 24.3 Å². The van der Waals surface area contributed by atoms with Crippen molar-refractivity contribution in [2.45, 2.75) is 12.5 Å². The van der Waals surface area contributed by atoms with E-state index in [1.807, 2.05) is 42.5 Å². The number of thiazole rings is 1. The maximum absolute atomic E-state index is 12.4. The molecule has 1 fully saturated rings. The highest BCUT2D eigenvalue weighted by molar-refractivity contribution is 7.21. The monoisotopic (exact) mass is 353 g/mol. The molecule has 1 aromatic heterocycles. The largest absolute Gasteiger partial charge is 0.378 e. The van der Waals surface area contributed by atoms with Crippen molar-refractivity contribution >= 4 is 33.1 Å². The third kappa shape index (κ3) is 3.71. The van der Waals surface area contributed by atoms with Crippen LogP contribution in [0, 0.1) is 0 Å². The lowest BCUT2D eigenvalue weighted by Gasteiger charge is -2.23. The van der Waals surface area contributed by atoms with Gasteiger partial charge in [-0.25, -0.2) is 4.98 Å². The minimum atomic E-state index is -0.0171. The Hall–Kier alpha value is -2.28. The molecule has 25 heavy (non-hydrogen) atoms. The van der Waals surface area contributed by atoms with Gasteiger partial charge in [-0.1, -0.05) is 24.3 Å². The molecule has 0 radical (unpaired) electrons. The molecule has 0 spiro atoms. The Bertz CT molecular complexity index is 854. The molecule has 128 valence electrons. The smallest absolute Gasteiger partial charge is 0.226 e. The summed E-state index contributed by atoms with van der Waals surface area (Å²) in [4.78, 5) is 17.1. The molecule has 2 heterocycles. The zero-order valence-corrected chi connectivity index (χ0v) is 14.5. The lowest BCUT2D eigenvalue weighted by Crippen LogP contribution is -2.43. The molecule has 0 aliphatic carbocycles. The van der Waals surface area contributed by atoms with E-state index in [2.05, 4.69) is 16.7 Å². The topological polar surface area (TPSA) is 63.2 Å². The van der Waals surface area contributed by atoms with E-state index < -0.39 is 0 Å². The number of aromatic nitrogens is 1. The van der Waals surface area contributed by atoms with E-state index in [4.69, 9.17) is 9.72 Å². The van der Waals surface area contributed by atoms with Crippen LogP contribution in [0.4, 0.5) is 5.69 Å². The molecule has 1 aliphatic rings. The first-order valence-corrected chi connectivity index (χ1v) is 9.17. The Balaban J connectivity index is 1.55. The predicted octanol–water partition coefficient (Wildman–Crippen LogP) is 3.28. The second kappa shape index (κ2) is 7.31. The van der Waals surface area contributed by atoms with Gasteiger partial charge in [0.25, 0.3) is 0 Å². The zero-order valence-electron chi connectivity index (χ0n) is 13.7. The minimum Gasteiger partial charge on any atom is -0.378 e. The maximum Gasteiger partial charge on any atom is 0.226 e. The first kappa shape index (κ1) is 16.2. The Morgan fingerprint density at radius 2 is 2.08 bits per heavy atom. The average molecular weight is 353 g/mol. The van der Waals surface area contributed by atoms with Crippen LogP contribution in [0.25, 0.3) is 20.8 Å². The predicted molar refractivity (Wildman–Crippen MR) is 101 cm³/mol. The van der Waals surface area contributed by atoms with Crippen molar-refractivity contribution in [3.63, 3.8) is 0 Å². The molecule has 0 saturated carbocycles. The second-order valence-electron chi connectivity index (χ2n) is 6.01. The number of ether oxygens (including phenoxy) is 1. The number of carbonyl (C=O) groups excluding carboxylic acids is 1. The zero-order chi connectivity index (χ0) is 17.1. The summed E-state index contributed by atoms with van der Waals surface area (Å²) in [7, 11) is 0. The molecule has 1 aliphatic heterocycles. The summed E-state index contributed by atoms with van der Waals surface area (Å²) in [6.07, 6.45) is 0.397. The van der Waals surface area contributed by atoms with Gasteiger partial charge in [-0.3, -0.25) is 4.79 Å². The molecule has 3 aromatic rings. The van der Waals surface area contributed by atoms with Gasteiger partial charge in [0.1, 0.15) is 5.01 Å². The molecule has 5 nitrogen and oxygen atoms in total. The van der Waals surface area contributed by atoms with Crippen molar-refractivity contribution < 1.29 is 9.53 Å². The Kier molecular flexibility index (Phi) is 4.74. The van der Waals surface area contributed by atoms with Crippen LogP contribution in [0.15, 0.2) is 48.5 Å². The number of amides is 1. The minimum absolute atomic E-state index is 0.0171. The molecule has 1 saturated heterocycles. The fourth-order valence-electron chi connectivity index (χ4n) is 2.94. The van der Waals surface area contributed by atoms with Crippen molar-refractivity contribution in [2.24, 2.45) is 0 Å². The molecule has 4 rings (SSSR count). The standard InChI is InChI=1S/C19H19N3O2S/c23-18(11-13-12-24-10-9-20-13)21-15-6-2-1-5-14(15)19-22-16-7-3-4-8-17(16)25-19/h1-8,13,20H,9-12H2,(H,21,23). The number of hydrogen-bond acceptors (Lipinski definition) is 5. The number of nitrogens with zero attached hydrogens (tertiary/aromatic N) is 1. The Morgan fingerprint density at radius 1 is 1.24 bits per heavy atom. The lowest BCUT2D eigenvalue weighted by atomic mass is 10.1. The van der Waals surface area contributed by atoms with Crippen LogP contribution in [-0.4, -0.2) is 36.7 Å². The van der Waals surface area contributed by atoms with Gasteiger partial charge in [0.15, 0.2) is 0 Å². The second-order valence-corrected chi connectivity index (χ2v) is 7.04. The van der Waals surface area contributed by atoms with Gasteiger partial charge >= 0.3 is 0 Å². The van der Waals surface area contributed by atoms with Crippen LogP contribution in [0.1, 0.15) is 6.42 Å². The number of rotatable bonds is 4. The van der Waals surface area contributed by atoms with Crippen LogP contribution in [0.2, 0.25) is 0 Å². The SMILES string of the molecule is O=C(CC1COCCN1)Nc1ccccc1-c1nc2ccccc2s1. The number of carbonyl (C=O) groups is 1. The molecule has 6 heteroatoms. The van der Waals surface area contributed by atoms with E-state index in [0.717, 1.165) is 33.0 Å². The van der Waals surface area contributed by atoms with E-state index in [1.54, 1.807) is 11.3 Å². The van der Waals surface area contributed by atoms with Crippen LogP contribution in [0.5, 0.6) is 0 Å². The highest BCUT2D eigenvalue weighted by Crippen LogP contribution is 2.34. The number of fused-ring (bicyclic) bond motifs is 1. The van der Waals surface area contributed by atoms with Gasteiger partial charge in [0.2, 0.25) is 5.91 Å². The highest BCUT2D eigenvalue weighted by atomic mass is 32.1. The summed E-state index contributed by atoms with van der Waals surface area (Å²) in [5.41, 5.74) is 2.72. The molecule has 1 atom stereocenters. The number of para-hydroxylation sites is 2. The summed E-state index contributed by atoms with van der Waals surface area (Å²) in [6.45, 7) is 2.08. The maximum atomic E-state index is 12.4. The van der Waals surface area contributed by atoms with Gasteiger partial charge in [0, 0.05) is 24.6 Å². The van der Waals surface area contributed by atoms with Crippen LogP contribution < -0.4 is 10.6 Å². The van der Waals surface area contributed by atoms with Crippen LogP contribution >= 0.6 is 11.3 Å². The van der Waals surface area contributed by atoms with Crippen LogP contribution in [0.3, 0.4) is 0 Å². The Labute approximate surface area is 150 Å². The summed E-state index contributed by atoms with van der Waals surface area (Å²) in [5, 5.41) is 7.25. The Morgan fingerprint density at radius 3 is 2.92 bits per heavy atom. The lowest BCUT2D eigenvalue weighted by molar-refractivity contribution is -0.117. The summed E-state index contributed by atoms with van der Waals surface area (Å²) in [6, 6.07) is 15.9. The fraction of sp³-hybridized carbons (Fsp3) is 0.263. The molecule has 0 bridgehead atoms. The van der Waals surface area contributed by atoms with Gasteiger partial charge in [0.05, 0.1) is 29.1 Å². The number of benzene rings is 2. The summed E-state index contributed by atoms with van der Waals surface area (Å²) < 4.78 is 6.55. The van der Waals surface area contributed by atoms with E-state index >= 15 is 0 Å². The number of morpholine rings is 1. The van der Waals surface area contributed by atoms with Crippen molar-refractivity contribution in [1.82, 2.24) is 10.3 Å². The summed E-state index contributed by atoms with van der Waals surface area (Å²) in [5.74, 6) is -0.0171. The third-order valence-corrected chi connectivity index (χ3v) is 5.23. The quantitative estimate of drug-likeness (QED) is 0.756. The fourth-order valence-corrected chi connectivity index (χ4v) is 3.95. The van der Waals surface area contributed by atoms with Crippen molar-refractivity contribution in [2.75, 3.05) is 25.1 Å². The van der Waals surface area contributed by atoms with Crippen LogP contribution in [-0.2, 0) is 9.53 Å². The van der Waals surface area contributed by atoms with Crippen molar-refractivity contribution in [3.05, 3.63) is 48.5 Å². The average Bonchev–Trinajstić information content (AvgIpc) is 3.07. The van der Waals surface area contributed by atoms with Crippen molar-refractivity contribution in [1.29, 1.82) is 0 Å². The molecule has 2 aromatic carbocycles. The third-order valence-electron chi connectivity index (χ3n) is 4.16.